The monoisotopic (exact) mass is 241 g/mol. The lowest BCUT2D eigenvalue weighted by Crippen LogP contribution is -2.33. The molecule has 0 atom stereocenters. The molecule has 8 nitrogen and oxygen atoms in total. The summed E-state index contributed by atoms with van der Waals surface area (Å²) in [6, 6.07) is 0. The van der Waals surface area contributed by atoms with Crippen LogP contribution in [0.4, 0.5) is 0 Å². The Morgan fingerprint density at radius 3 is 2.94 bits per heavy atom. The fraction of sp³-hybridized carbons (Fsp3) is 0.556. The van der Waals surface area contributed by atoms with E-state index in [4.69, 9.17) is 5.11 Å². The second kappa shape index (κ2) is 6.59. The number of carbonyl (C=O) groups is 2. The van der Waals surface area contributed by atoms with E-state index >= 15 is 0 Å². The van der Waals surface area contributed by atoms with Crippen molar-refractivity contribution in [3.05, 3.63) is 11.9 Å². The average molecular weight is 241 g/mol. The summed E-state index contributed by atoms with van der Waals surface area (Å²) in [5, 5.41) is 21.4. The lowest BCUT2D eigenvalue weighted by Gasteiger charge is -2.02. The standard InChI is InChI=1S/C9H15N5O3/c1-2-10-4-8(15)11-3-7-5-14(13-12-7)6-9(16)17/h5,10H,2-4,6H2,1H3,(H,11,15)(H,16,17). The highest BCUT2D eigenvalue weighted by molar-refractivity contribution is 5.77. The molecule has 94 valence electrons. The molecular formula is C9H15N5O3. The van der Waals surface area contributed by atoms with Crippen LogP contribution in [-0.4, -0.2) is 45.1 Å². The number of rotatable bonds is 7. The second-order valence-corrected chi connectivity index (χ2v) is 3.36. The maximum absolute atomic E-state index is 11.2. The molecule has 3 N–H and O–H groups in total. The van der Waals surface area contributed by atoms with E-state index < -0.39 is 5.97 Å². The van der Waals surface area contributed by atoms with Crippen molar-refractivity contribution in [1.82, 2.24) is 25.6 Å². The number of likely N-dealkylation sites (N-methyl/N-ethyl adjacent to an activating group) is 1. The van der Waals surface area contributed by atoms with Crippen molar-refractivity contribution in [3.8, 4) is 0 Å². The Morgan fingerprint density at radius 2 is 2.29 bits per heavy atom. The highest BCUT2D eigenvalue weighted by atomic mass is 16.4. The lowest BCUT2D eigenvalue weighted by molar-refractivity contribution is -0.138. The van der Waals surface area contributed by atoms with Gasteiger partial charge in [0.15, 0.2) is 0 Å². The van der Waals surface area contributed by atoms with Gasteiger partial charge in [-0.05, 0) is 6.54 Å². The van der Waals surface area contributed by atoms with Crippen LogP contribution in [0.3, 0.4) is 0 Å². The van der Waals surface area contributed by atoms with Crippen LogP contribution < -0.4 is 10.6 Å². The molecule has 1 rings (SSSR count). The van der Waals surface area contributed by atoms with E-state index in [0.717, 1.165) is 6.54 Å². The summed E-state index contributed by atoms with van der Waals surface area (Å²) in [6.45, 7) is 2.88. The van der Waals surface area contributed by atoms with Crippen LogP contribution in [0.25, 0.3) is 0 Å². The first-order valence-electron chi connectivity index (χ1n) is 5.20. The average Bonchev–Trinajstić information content (AvgIpc) is 2.70. The van der Waals surface area contributed by atoms with Gasteiger partial charge in [0.2, 0.25) is 5.91 Å². The molecule has 1 aromatic rings. The van der Waals surface area contributed by atoms with Gasteiger partial charge in [0.1, 0.15) is 12.2 Å². The molecule has 0 aromatic carbocycles. The van der Waals surface area contributed by atoms with Crippen molar-refractivity contribution in [2.75, 3.05) is 13.1 Å². The molecular weight excluding hydrogens is 226 g/mol. The number of aliphatic carboxylic acids is 1. The van der Waals surface area contributed by atoms with Gasteiger partial charge >= 0.3 is 5.97 Å². The highest BCUT2D eigenvalue weighted by Gasteiger charge is 2.05. The van der Waals surface area contributed by atoms with E-state index in [1.54, 1.807) is 0 Å². The number of carboxylic acid groups (broad SMARTS) is 1. The van der Waals surface area contributed by atoms with Crippen LogP contribution in [0.15, 0.2) is 6.20 Å². The Balaban J connectivity index is 2.34. The minimum atomic E-state index is -0.988. The molecule has 0 unspecified atom stereocenters. The lowest BCUT2D eigenvalue weighted by atomic mass is 10.4. The van der Waals surface area contributed by atoms with Gasteiger partial charge in [0, 0.05) is 0 Å². The van der Waals surface area contributed by atoms with Gasteiger partial charge in [0.05, 0.1) is 19.3 Å². The van der Waals surface area contributed by atoms with Crippen LogP contribution in [0.5, 0.6) is 0 Å². The van der Waals surface area contributed by atoms with Crippen LogP contribution in [0, 0.1) is 0 Å². The quantitative estimate of drug-likeness (QED) is 0.541. The van der Waals surface area contributed by atoms with E-state index in [1.807, 2.05) is 6.92 Å². The van der Waals surface area contributed by atoms with Gasteiger partial charge in [-0.2, -0.15) is 0 Å². The van der Waals surface area contributed by atoms with Crippen molar-refractivity contribution < 1.29 is 14.7 Å². The molecule has 0 saturated carbocycles. The van der Waals surface area contributed by atoms with E-state index in [1.165, 1.54) is 10.9 Å². The molecule has 1 aromatic heterocycles. The third-order valence-corrected chi connectivity index (χ3v) is 1.89. The first-order valence-corrected chi connectivity index (χ1v) is 5.20. The second-order valence-electron chi connectivity index (χ2n) is 3.36. The molecule has 0 fully saturated rings. The van der Waals surface area contributed by atoms with Gasteiger partial charge in [-0.3, -0.25) is 9.59 Å². The molecule has 0 radical (unpaired) electrons. The van der Waals surface area contributed by atoms with Gasteiger partial charge < -0.3 is 15.7 Å². The van der Waals surface area contributed by atoms with E-state index in [2.05, 4.69) is 20.9 Å². The van der Waals surface area contributed by atoms with Crippen molar-refractivity contribution in [2.45, 2.75) is 20.0 Å². The number of hydrogen-bond acceptors (Lipinski definition) is 5. The zero-order chi connectivity index (χ0) is 12.7. The molecule has 0 saturated heterocycles. The summed E-state index contributed by atoms with van der Waals surface area (Å²) in [5.41, 5.74) is 0.524. The SMILES string of the molecule is CCNCC(=O)NCc1cn(CC(=O)O)nn1. The van der Waals surface area contributed by atoms with Gasteiger partial charge in [0.25, 0.3) is 0 Å². The number of nitrogens with one attached hydrogen (secondary N) is 2. The van der Waals surface area contributed by atoms with Crippen molar-refractivity contribution >= 4 is 11.9 Å². The predicted molar refractivity (Wildman–Crippen MR) is 58.0 cm³/mol. The minimum Gasteiger partial charge on any atom is -0.480 e. The zero-order valence-corrected chi connectivity index (χ0v) is 9.51. The maximum Gasteiger partial charge on any atom is 0.325 e. The fourth-order valence-electron chi connectivity index (χ4n) is 1.13. The largest absolute Gasteiger partial charge is 0.480 e. The number of aromatic nitrogens is 3. The summed E-state index contributed by atoms with van der Waals surface area (Å²) in [6.07, 6.45) is 1.49. The molecule has 17 heavy (non-hydrogen) atoms. The van der Waals surface area contributed by atoms with E-state index in [-0.39, 0.29) is 25.5 Å². The molecule has 8 heteroatoms. The number of amides is 1. The fourth-order valence-corrected chi connectivity index (χ4v) is 1.13. The van der Waals surface area contributed by atoms with Crippen LogP contribution in [-0.2, 0) is 22.7 Å². The van der Waals surface area contributed by atoms with Crippen molar-refractivity contribution in [3.63, 3.8) is 0 Å². The summed E-state index contributed by atoms with van der Waals surface area (Å²) in [7, 11) is 0. The normalized spacial score (nSPS) is 10.2. The third kappa shape index (κ3) is 5.07. The Morgan fingerprint density at radius 1 is 1.53 bits per heavy atom. The number of hydrogen-bond donors (Lipinski definition) is 3. The molecule has 0 spiro atoms. The van der Waals surface area contributed by atoms with Gasteiger partial charge in [-0.25, -0.2) is 4.68 Å². The predicted octanol–water partition coefficient (Wildman–Crippen LogP) is -1.41. The number of carboxylic acids is 1. The molecule has 0 aliphatic carbocycles. The summed E-state index contributed by atoms with van der Waals surface area (Å²) < 4.78 is 1.20. The Bertz CT molecular complexity index is 390. The summed E-state index contributed by atoms with van der Waals surface area (Å²) >= 11 is 0. The van der Waals surface area contributed by atoms with Gasteiger partial charge in [-0.1, -0.05) is 12.1 Å². The van der Waals surface area contributed by atoms with Crippen LogP contribution in [0.2, 0.25) is 0 Å². The number of nitrogens with zero attached hydrogens (tertiary/aromatic N) is 3. The zero-order valence-electron chi connectivity index (χ0n) is 9.51. The maximum atomic E-state index is 11.2. The van der Waals surface area contributed by atoms with Gasteiger partial charge in [-0.15, -0.1) is 5.10 Å². The third-order valence-electron chi connectivity index (χ3n) is 1.89. The minimum absolute atomic E-state index is 0.139. The van der Waals surface area contributed by atoms with E-state index in [0.29, 0.717) is 5.69 Å². The topological polar surface area (TPSA) is 109 Å². The molecule has 0 bridgehead atoms. The molecule has 1 heterocycles. The van der Waals surface area contributed by atoms with Crippen LogP contribution >= 0.6 is 0 Å². The Labute approximate surface area is 98.0 Å². The Kier molecular flexibility index (Phi) is 5.08. The molecule has 1 amide bonds. The first-order chi connectivity index (χ1) is 8.11. The molecule has 0 aliphatic rings. The molecule has 0 aliphatic heterocycles. The first kappa shape index (κ1) is 13.1. The Hall–Kier alpha value is -1.96. The van der Waals surface area contributed by atoms with E-state index in [9.17, 15) is 9.59 Å². The van der Waals surface area contributed by atoms with Crippen LogP contribution in [0.1, 0.15) is 12.6 Å². The smallest absolute Gasteiger partial charge is 0.325 e. The summed E-state index contributed by atoms with van der Waals surface area (Å²) in [4.78, 5) is 21.6. The summed E-state index contributed by atoms with van der Waals surface area (Å²) in [5.74, 6) is -1.13. The van der Waals surface area contributed by atoms with Crippen molar-refractivity contribution in [1.29, 1.82) is 0 Å². The highest BCUT2D eigenvalue weighted by Crippen LogP contribution is 1.92. The van der Waals surface area contributed by atoms with Crippen molar-refractivity contribution in [2.24, 2.45) is 0 Å². The number of carbonyl (C=O) groups excluding carboxylic acids is 1.